The Morgan fingerprint density at radius 2 is 1.81 bits per heavy atom. The van der Waals surface area contributed by atoms with E-state index in [1.165, 1.54) is 0 Å². The van der Waals surface area contributed by atoms with Gasteiger partial charge in [0.1, 0.15) is 0 Å². The van der Waals surface area contributed by atoms with Gasteiger partial charge in [0.2, 0.25) is 0 Å². The van der Waals surface area contributed by atoms with E-state index in [1.807, 2.05) is 6.92 Å². The van der Waals surface area contributed by atoms with Crippen molar-refractivity contribution in [2.24, 2.45) is 10.9 Å². The van der Waals surface area contributed by atoms with Gasteiger partial charge < -0.3 is 10.6 Å². The van der Waals surface area contributed by atoms with E-state index in [9.17, 15) is 4.79 Å². The van der Waals surface area contributed by atoms with Crippen LogP contribution in [0.15, 0.2) is 47.6 Å². The highest BCUT2D eigenvalue weighted by molar-refractivity contribution is 6.34. The standard InChI is InChI=1S/C15H12Cl2N2O2/c1-9-6-7-11(13(17)8-9)15(20)21-19-14(18)10-4-2-3-5-12(10)16/h2-8H,1H3,(H2,18,19). The first-order valence-corrected chi connectivity index (χ1v) is 6.80. The minimum Gasteiger partial charge on any atom is -0.380 e. The normalized spacial score (nSPS) is 11.3. The zero-order valence-corrected chi connectivity index (χ0v) is 12.7. The van der Waals surface area contributed by atoms with Gasteiger partial charge in [-0.3, -0.25) is 0 Å². The summed E-state index contributed by atoms with van der Waals surface area (Å²) >= 11 is 12.0. The van der Waals surface area contributed by atoms with Crippen LogP contribution >= 0.6 is 23.2 Å². The van der Waals surface area contributed by atoms with Gasteiger partial charge >= 0.3 is 5.97 Å². The van der Waals surface area contributed by atoms with Gasteiger partial charge in [0.05, 0.1) is 15.6 Å². The van der Waals surface area contributed by atoms with Crippen LogP contribution in [0.1, 0.15) is 21.5 Å². The number of hydrogen-bond acceptors (Lipinski definition) is 3. The lowest BCUT2D eigenvalue weighted by molar-refractivity contribution is 0.0516. The summed E-state index contributed by atoms with van der Waals surface area (Å²) in [5.74, 6) is -0.674. The number of amidine groups is 1. The molecule has 0 radical (unpaired) electrons. The predicted octanol–water partition coefficient (Wildman–Crippen LogP) is 3.78. The molecule has 0 aromatic heterocycles. The van der Waals surface area contributed by atoms with Crippen LogP contribution in [0.25, 0.3) is 0 Å². The molecule has 0 saturated heterocycles. The molecule has 0 bridgehead atoms. The third kappa shape index (κ3) is 3.74. The molecule has 21 heavy (non-hydrogen) atoms. The quantitative estimate of drug-likeness (QED) is 0.405. The lowest BCUT2D eigenvalue weighted by atomic mass is 10.1. The van der Waals surface area contributed by atoms with Gasteiger partial charge in [0.15, 0.2) is 5.84 Å². The van der Waals surface area contributed by atoms with Gasteiger partial charge in [-0.25, -0.2) is 4.79 Å². The molecular formula is C15H12Cl2N2O2. The maximum atomic E-state index is 11.9. The molecule has 2 aromatic carbocycles. The Labute approximate surface area is 132 Å². The monoisotopic (exact) mass is 322 g/mol. The Balaban J connectivity index is 2.17. The molecule has 0 aliphatic heterocycles. The van der Waals surface area contributed by atoms with Crippen LogP contribution in [0.5, 0.6) is 0 Å². The van der Waals surface area contributed by atoms with Crippen molar-refractivity contribution in [2.75, 3.05) is 0 Å². The van der Waals surface area contributed by atoms with Crippen LogP contribution < -0.4 is 5.73 Å². The van der Waals surface area contributed by atoms with Gasteiger partial charge in [-0.15, -0.1) is 0 Å². The maximum absolute atomic E-state index is 11.9. The van der Waals surface area contributed by atoms with E-state index in [0.29, 0.717) is 15.6 Å². The van der Waals surface area contributed by atoms with Gasteiger partial charge in [-0.05, 0) is 36.8 Å². The molecule has 0 unspecified atom stereocenters. The first kappa shape index (κ1) is 15.4. The van der Waals surface area contributed by atoms with Crippen LogP contribution in [-0.4, -0.2) is 11.8 Å². The van der Waals surface area contributed by atoms with Gasteiger partial charge in [-0.1, -0.05) is 46.6 Å². The third-order valence-corrected chi connectivity index (χ3v) is 3.36. The minimum absolute atomic E-state index is 0.0113. The van der Waals surface area contributed by atoms with Crippen LogP contribution in [0.3, 0.4) is 0 Å². The Morgan fingerprint density at radius 1 is 1.10 bits per heavy atom. The predicted molar refractivity (Wildman–Crippen MR) is 83.8 cm³/mol. The van der Waals surface area contributed by atoms with E-state index in [0.717, 1.165) is 5.56 Å². The second-order valence-corrected chi connectivity index (χ2v) is 5.13. The summed E-state index contributed by atoms with van der Waals surface area (Å²) in [6, 6.07) is 11.8. The summed E-state index contributed by atoms with van der Waals surface area (Å²) in [6.07, 6.45) is 0. The van der Waals surface area contributed by atoms with Crippen molar-refractivity contribution in [3.63, 3.8) is 0 Å². The zero-order valence-electron chi connectivity index (χ0n) is 11.1. The minimum atomic E-state index is -0.685. The number of halogens is 2. The fraction of sp³-hybridized carbons (Fsp3) is 0.0667. The molecule has 0 saturated carbocycles. The lowest BCUT2D eigenvalue weighted by Crippen LogP contribution is -2.15. The number of hydrogen-bond donors (Lipinski definition) is 1. The van der Waals surface area contributed by atoms with E-state index < -0.39 is 5.97 Å². The second kappa shape index (κ2) is 6.61. The molecule has 0 atom stereocenters. The largest absolute Gasteiger partial charge is 0.380 e. The molecule has 0 aliphatic rings. The summed E-state index contributed by atoms with van der Waals surface area (Å²) < 4.78 is 0. The van der Waals surface area contributed by atoms with Crippen molar-refractivity contribution in [1.82, 2.24) is 0 Å². The van der Waals surface area contributed by atoms with Gasteiger partial charge in [0, 0.05) is 5.56 Å². The van der Waals surface area contributed by atoms with Crippen molar-refractivity contribution < 1.29 is 9.63 Å². The van der Waals surface area contributed by atoms with Crippen molar-refractivity contribution >= 4 is 35.0 Å². The fourth-order valence-corrected chi connectivity index (χ4v) is 2.19. The molecule has 0 spiro atoms. The Bertz CT molecular complexity index is 715. The van der Waals surface area contributed by atoms with Crippen LogP contribution in [0, 0.1) is 6.92 Å². The number of nitrogens with zero attached hydrogens (tertiary/aromatic N) is 1. The van der Waals surface area contributed by atoms with Crippen molar-refractivity contribution in [3.05, 3.63) is 69.2 Å². The zero-order chi connectivity index (χ0) is 15.4. The first-order chi connectivity index (χ1) is 9.99. The van der Waals surface area contributed by atoms with E-state index in [4.69, 9.17) is 33.8 Å². The van der Waals surface area contributed by atoms with E-state index >= 15 is 0 Å². The number of aryl methyl sites for hydroxylation is 1. The fourth-order valence-electron chi connectivity index (χ4n) is 1.64. The molecule has 108 valence electrons. The highest BCUT2D eigenvalue weighted by Crippen LogP contribution is 2.19. The Morgan fingerprint density at radius 3 is 2.48 bits per heavy atom. The number of oxime groups is 1. The first-order valence-electron chi connectivity index (χ1n) is 6.05. The maximum Gasteiger partial charge on any atom is 0.367 e. The lowest BCUT2D eigenvalue weighted by Gasteiger charge is -2.04. The van der Waals surface area contributed by atoms with E-state index in [1.54, 1.807) is 42.5 Å². The molecule has 0 aliphatic carbocycles. The molecule has 0 heterocycles. The average Bonchev–Trinajstić information content (AvgIpc) is 2.45. The molecule has 0 amide bonds. The number of rotatable bonds is 3. The SMILES string of the molecule is Cc1ccc(C(=O)ON=C(N)c2ccccc2Cl)c(Cl)c1. The molecule has 2 aromatic rings. The van der Waals surface area contributed by atoms with E-state index in [-0.39, 0.29) is 11.4 Å². The van der Waals surface area contributed by atoms with Crippen LogP contribution in [0.4, 0.5) is 0 Å². The highest BCUT2D eigenvalue weighted by atomic mass is 35.5. The van der Waals surface area contributed by atoms with E-state index in [2.05, 4.69) is 5.16 Å². The summed E-state index contributed by atoms with van der Waals surface area (Å²) in [5, 5.41) is 4.31. The number of carbonyl (C=O) groups is 1. The molecular weight excluding hydrogens is 311 g/mol. The molecule has 0 fully saturated rings. The average molecular weight is 323 g/mol. The number of benzene rings is 2. The van der Waals surface area contributed by atoms with Crippen molar-refractivity contribution in [1.29, 1.82) is 0 Å². The molecule has 2 N–H and O–H groups in total. The molecule has 4 nitrogen and oxygen atoms in total. The number of nitrogens with two attached hydrogens (primary N) is 1. The van der Waals surface area contributed by atoms with Crippen LogP contribution in [-0.2, 0) is 4.84 Å². The van der Waals surface area contributed by atoms with Crippen molar-refractivity contribution in [3.8, 4) is 0 Å². The smallest absolute Gasteiger partial charge is 0.367 e. The topological polar surface area (TPSA) is 64.7 Å². The summed E-state index contributed by atoms with van der Waals surface area (Å²) in [5.41, 5.74) is 7.39. The second-order valence-electron chi connectivity index (χ2n) is 4.32. The van der Waals surface area contributed by atoms with Crippen LogP contribution in [0.2, 0.25) is 10.0 Å². The van der Waals surface area contributed by atoms with Gasteiger partial charge in [0.25, 0.3) is 0 Å². The van der Waals surface area contributed by atoms with Crippen molar-refractivity contribution in [2.45, 2.75) is 6.92 Å². The highest BCUT2D eigenvalue weighted by Gasteiger charge is 2.13. The molecule has 2 rings (SSSR count). The molecule has 6 heteroatoms. The third-order valence-electron chi connectivity index (χ3n) is 2.72. The van der Waals surface area contributed by atoms with Gasteiger partial charge in [-0.2, -0.15) is 0 Å². The Hall–Kier alpha value is -2.04. The summed E-state index contributed by atoms with van der Waals surface area (Å²) in [4.78, 5) is 16.7. The summed E-state index contributed by atoms with van der Waals surface area (Å²) in [6.45, 7) is 1.87. The Kier molecular flexibility index (Phi) is 4.83. The number of carbonyl (C=O) groups excluding carboxylic acids is 1. The summed E-state index contributed by atoms with van der Waals surface area (Å²) in [7, 11) is 0.